The number of methoxy groups -OCH3 is 1. The summed E-state index contributed by atoms with van der Waals surface area (Å²) in [7, 11) is 1.73. The van der Waals surface area contributed by atoms with Gasteiger partial charge >= 0.3 is 0 Å². The van der Waals surface area contributed by atoms with Gasteiger partial charge < -0.3 is 15.4 Å². The zero-order chi connectivity index (χ0) is 11.6. The quantitative estimate of drug-likeness (QED) is 0.760. The van der Waals surface area contributed by atoms with Crippen molar-refractivity contribution in [2.75, 3.05) is 20.2 Å². The lowest BCUT2D eigenvalue weighted by molar-refractivity contribution is 0.00376. The molecule has 2 N–H and O–H groups in total. The maximum Gasteiger partial charge on any atom is 0.191 e. The first-order valence-corrected chi connectivity index (χ1v) is 5.52. The molecule has 0 fully saturated rings. The zero-order valence-corrected chi connectivity index (χ0v) is 10.4. The fourth-order valence-electron chi connectivity index (χ4n) is 1.94. The molecule has 0 saturated carbocycles. The minimum Gasteiger partial charge on any atom is -0.379 e. The number of guanidine groups is 1. The molecule has 1 heterocycles. The van der Waals surface area contributed by atoms with Crippen LogP contribution in [0.1, 0.15) is 27.7 Å². The van der Waals surface area contributed by atoms with E-state index < -0.39 is 0 Å². The van der Waals surface area contributed by atoms with Crippen LogP contribution in [-0.2, 0) is 4.74 Å². The summed E-state index contributed by atoms with van der Waals surface area (Å²) in [6.07, 6.45) is 0.126. The van der Waals surface area contributed by atoms with Crippen LogP contribution in [0.15, 0.2) is 4.99 Å². The highest BCUT2D eigenvalue weighted by molar-refractivity contribution is 5.81. The Hall–Kier alpha value is -0.770. The number of hydrogen-bond donors (Lipinski definition) is 1. The van der Waals surface area contributed by atoms with E-state index in [2.05, 4.69) is 37.6 Å². The molecule has 4 heteroatoms. The van der Waals surface area contributed by atoms with Crippen LogP contribution >= 0.6 is 0 Å². The molecule has 2 unspecified atom stereocenters. The molecule has 0 aromatic heterocycles. The molecule has 1 aliphatic rings. The van der Waals surface area contributed by atoms with Gasteiger partial charge in [0.25, 0.3) is 0 Å². The third-order valence-electron chi connectivity index (χ3n) is 3.23. The van der Waals surface area contributed by atoms with Crippen molar-refractivity contribution in [1.29, 1.82) is 0 Å². The van der Waals surface area contributed by atoms with Gasteiger partial charge in [0.05, 0.1) is 18.2 Å². The van der Waals surface area contributed by atoms with E-state index in [4.69, 9.17) is 10.5 Å². The van der Waals surface area contributed by atoms with E-state index in [1.54, 1.807) is 7.11 Å². The summed E-state index contributed by atoms with van der Waals surface area (Å²) in [5.74, 6) is 1.22. The lowest BCUT2D eigenvalue weighted by Crippen LogP contribution is -2.57. The predicted molar refractivity (Wildman–Crippen MR) is 62.9 cm³/mol. The molecule has 0 spiro atoms. The summed E-state index contributed by atoms with van der Waals surface area (Å²) in [6, 6.07) is 0. The van der Waals surface area contributed by atoms with Crippen molar-refractivity contribution in [1.82, 2.24) is 4.90 Å². The first-order chi connectivity index (χ1) is 6.91. The molecule has 0 saturated heterocycles. The lowest BCUT2D eigenvalue weighted by Gasteiger charge is -2.40. The molecule has 88 valence electrons. The Morgan fingerprint density at radius 2 is 2.13 bits per heavy atom. The molecule has 0 radical (unpaired) electrons. The molecule has 0 aromatic rings. The highest BCUT2D eigenvalue weighted by atomic mass is 16.5. The Labute approximate surface area is 92.5 Å². The van der Waals surface area contributed by atoms with E-state index in [0.29, 0.717) is 11.9 Å². The maximum atomic E-state index is 5.92. The van der Waals surface area contributed by atoms with Crippen LogP contribution in [0.25, 0.3) is 0 Å². The molecule has 4 nitrogen and oxygen atoms in total. The van der Waals surface area contributed by atoms with Crippen molar-refractivity contribution in [2.24, 2.45) is 16.6 Å². The van der Waals surface area contributed by atoms with Gasteiger partial charge in [-0.1, -0.05) is 13.8 Å². The summed E-state index contributed by atoms with van der Waals surface area (Å²) >= 11 is 0. The monoisotopic (exact) mass is 213 g/mol. The highest BCUT2D eigenvalue weighted by Gasteiger charge is 2.42. The molecule has 0 bridgehead atoms. The molecule has 1 rings (SSSR count). The van der Waals surface area contributed by atoms with E-state index in [1.165, 1.54) is 0 Å². The number of aliphatic imine (C=N–C) groups is 1. The number of nitrogens with two attached hydrogens (primary N) is 1. The van der Waals surface area contributed by atoms with E-state index in [9.17, 15) is 0 Å². The van der Waals surface area contributed by atoms with E-state index in [0.717, 1.165) is 13.1 Å². The van der Waals surface area contributed by atoms with Crippen molar-refractivity contribution in [2.45, 2.75) is 39.3 Å². The lowest BCUT2D eigenvalue weighted by atomic mass is 9.94. The minimum absolute atomic E-state index is 0.0941. The van der Waals surface area contributed by atoms with Crippen molar-refractivity contribution in [3.63, 3.8) is 0 Å². The van der Waals surface area contributed by atoms with Crippen LogP contribution < -0.4 is 5.73 Å². The average Bonchev–Trinajstić information content (AvgIpc) is 2.45. The van der Waals surface area contributed by atoms with Crippen LogP contribution in [0.3, 0.4) is 0 Å². The molecular weight excluding hydrogens is 190 g/mol. The normalized spacial score (nSPS) is 28.4. The summed E-state index contributed by atoms with van der Waals surface area (Å²) in [5.41, 5.74) is 5.82. The molecule has 2 atom stereocenters. The van der Waals surface area contributed by atoms with E-state index >= 15 is 0 Å². The molecular formula is C11H23N3O. The highest BCUT2D eigenvalue weighted by Crippen LogP contribution is 2.27. The van der Waals surface area contributed by atoms with Gasteiger partial charge in [0.15, 0.2) is 5.96 Å². The summed E-state index contributed by atoms with van der Waals surface area (Å²) in [6.45, 7) is 10.3. The molecule has 15 heavy (non-hydrogen) atoms. The maximum absolute atomic E-state index is 5.92. The molecule has 0 aliphatic carbocycles. The molecule has 0 amide bonds. The van der Waals surface area contributed by atoms with Crippen LogP contribution in [0, 0.1) is 5.92 Å². The third kappa shape index (κ3) is 2.25. The van der Waals surface area contributed by atoms with Gasteiger partial charge in [-0.2, -0.15) is 0 Å². The van der Waals surface area contributed by atoms with Gasteiger partial charge in [0.2, 0.25) is 0 Å². The Morgan fingerprint density at radius 1 is 1.53 bits per heavy atom. The number of nitrogens with zero attached hydrogens (tertiary/aromatic N) is 2. The van der Waals surface area contributed by atoms with Crippen molar-refractivity contribution in [3.05, 3.63) is 0 Å². The predicted octanol–water partition coefficient (Wildman–Crippen LogP) is 1.07. The Kier molecular flexibility index (Phi) is 3.60. The van der Waals surface area contributed by atoms with Crippen molar-refractivity contribution in [3.8, 4) is 0 Å². The van der Waals surface area contributed by atoms with Crippen LogP contribution in [0.4, 0.5) is 0 Å². The van der Waals surface area contributed by atoms with Crippen molar-refractivity contribution < 1.29 is 4.74 Å². The standard InChI is InChI=1S/C11H23N3O/c1-8(2)6-14-10(12)13-7-11(14,4)9(3)15-5/h8-9H,6-7H2,1-5H3,(H2,12,13). The minimum atomic E-state index is -0.0941. The summed E-state index contributed by atoms with van der Waals surface area (Å²) in [4.78, 5) is 6.51. The largest absolute Gasteiger partial charge is 0.379 e. The van der Waals surface area contributed by atoms with Gasteiger partial charge in [-0.15, -0.1) is 0 Å². The second-order valence-electron chi connectivity index (χ2n) is 4.91. The van der Waals surface area contributed by atoms with Crippen LogP contribution in [0.5, 0.6) is 0 Å². The van der Waals surface area contributed by atoms with E-state index in [1.807, 2.05) is 0 Å². The summed E-state index contributed by atoms with van der Waals surface area (Å²) < 4.78 is 5.43. The van der Waals surface area contributed by atoms with Crippen LogP contribution in [-0.4, -0.2) is 42.7 Å². The Morgan fingerprint density at radius 3 is 2.60 bits per heavy atom. The van der Waals surface area contributed by atoms with Gasteiger partial charge in [-0.05, 0) is 19.8 Å². The second-order valence-corrected chi connectivity index (χ2v) is 4.91. The summed E-state index contributed by atoms with van der Waals surface area (Å²) in [5, 5.41) is 0. The Bertz CT molecular complexity index is 252. The first-order valence-electron chi connectivity index (χ1n) is 5.52. The SMILES string of the molecule is COC(C)C1(C)CN=C(N)N1CC(C)C. The van der Waals surface area contributed by atoms with Crippen LogP contribution in [0.2, 0.25) is 0 Å². The zero-order valence-electron chi connectivity index (χ0n) is 10.4. The van der Waals surface area contributed by atoms with Gasteiger partial charge in [0.1, 0.15) is 0 Å². The smallest absolute Gasteiger partial charge is 0.191 e. The van der Waals surface area contributed by atoms with E-state index in [-0.39, 0.29) is 11.6 Å². The van der Waals surface area contributed by atoms with Gasteiger partial charge in [-0.25, -0.2) is 0 Å². The second kappa shape index (κ2) is 4.39. The Balaban J connectivity index is 2.82. The van der Waals surface area contributed by atoms with Gasteiger partial charge in [0, 0.05) is 13.7 Å². The fraction of sp³-hybridized carbons (Fsp3) is 0.909. The third-order valence-corrected chi connectivity index (χ3v) is 3.23. The fourth-order valence-corrected chi connectivity index (χ4v) is 1.94. The van der Waals surface area contributed by atoms with Gasteiger partial charge in [-0.3, -0.25) is 4.99 Å². The topological polar surface area (TPSA) is 50.9 Å². The van der Waals surface area contributed by atoms with Crippen molar-refractivity contribution >= 4 is 5.96 Å². The average molecular weight is 213 g/mol. The molecule has 0 aromatic carbocycles. The molecule has 1 aliphatic heterocycles. The first kappa shape index (κ1) is 12.3. The number of rotatable bonds is 4. The number of hydrogen-bond acceptors (Lipinski definition) is 4. The number of ether oxygens (including phenoxy) is 1.